The van der Waals surface area contributed by atoms with Gasteiger partial charge in [0, 0.05) is 0 Å². The standard InChI is InChI=1S/C17H28/c1-14(2)9-8-12-17(15(3)4)13-16-10-6-5-7-11-16/h5-7,10-11,14-15,17H,8-9,12-13H2,1-4H3. The molecule has 1 aromatic rings. The Bertz CT molecular complexity index is 284. The van der Waals surface area contributed by atoms with Gasteiger partial charge in [0.05, 0.1) is 0 Å². The number of rotatable bonds is 7. The second-order valence-corrected chi connectivity index (χ2v) is 6.02. The van der Waals surface area contributed by atoms with Crippen molar-refractivity contribution in [3.63, 3.8) is 0 Å². The van der Waals surface area contributed by atoms with E-state index in [0.29, 0.717) is 0 Å². The molecule has 17 heavy (non-hydrogen) atoms. The lowest BCUT2D eigenvalue weighted by Gasteiger charge is -2.21. The Morgan fingerprint density at radius 1 is 0.882 bits per heavy atom. The molecule has 0 N–H and O–H groups in total. The average Bonchev–Trinajstić information content (AvgIpc) is 2.28. The van der Waals surface area contributed by atoms with Gasteiger partial charge in [0.25, 0.3) is 0 Å². The van der Waals surface area contributed by atoms with Crippen LogP contribution in [0, 0.1) is 17.8 Å². The zero-order chi connectivity index (χ0) is 12.7. The molecule has 0 aliphatic heterocycles. The van der Waals surface area contributed by atoms with Gasteiger partial charge in [0.15, 0.2) is 0 Å². The third kappa shape index (κ3) is 5.91. The lowest BCUT2D eigenvalue weighted by atomic mass is 9.84. The summed E-state index contributed by atoms with van der Waals surface area (Å²) in [4.78, 5) is 0. The monoisotopic (exact) mass is 232 g/mol. The van der Waals surface area contributed by atoms with Gasteiger partial charge in [0.1, 0.15) is 0 Å². The van der Waals surface area contributed by atoms with Gasteiger partial charge in [-0.15, -0.1) is 0 Å². The third-order valence-corrected chi connectivity index (χ3v) is 3.64. The second kappa shape index (κ2) is 7.53. The first-order valence-corrected chi connectivity index (χ1v) is 7.13. The Kier molecular flexibility index (Phi) is 6.32. The number of hydrogen-bond donors (Lipinski definition) is 0. The molecule has 0 heteroatoms. The molecule has 0 spiro atoms. The molecule has 0 saturated heterocycles. The largest absolute Gasteiger partial charge is 0.0628 e. The highest BCUT2D eigenvalue weighted by Gasteiger charge is 2.13. The summed E-state index contributed by atoms with van der Waals surface area (Å²) in [5.41, 5.74) is 1.50. The van der Waals surface area contributed by atoms with Crippen LogP contribution in [0.5, 0.6) is 0 Å². The van der Waals surface area contributed by atoms with Crippen molar-refractivity contribution < 1.29 is 0 Å². The SMILES string of the molecule is CC(C)CCCC(Cc1ccccc1)C(C)C. The quantitative estimate of drug-likeness (QED) is 0.596. The zero-order valence-corrected chi connectivity index (χ0v) is 11.9. The van der Waals surface area contributed by atoms with Gasteiger partial charge in [-0.25, -0.2) is 0 Å². The maximum absolute atomic E-state index is 2.36. The molecule has 0 bridgehead atoms. The fourth-order valence-electron chi connectivity index (χ4n) is 2.38. The van der Waals surface area contributed by atoms with E-state index in [4.69, 9.17) is 0 Å². The number of benzene rings is 1. The fraction of sp³-hybridized carbons (Fsp3) is 0.647. The van der Waals surface area contributed by atoms with Crippen molar-refractivity contribution >= 4 is 0 Å². The van der Waals surface area contributed by atoms with Crippen LogP contribution in [-0.2, 0) is 6.42 Å². The molecule has 1 unspecified atom stereocenters. The Labute approximate surface area is 107 Å². The predicted molar refractivity (Wildman–Crippen MR) is 77.2 cm³/mol. The van der Waals surface area contributed by atoms with E-state index in [0.717, 1.165) is 17.8 Å². The first kappa shape index (κ1) is 14.3. The molecule has 1 atom stereocenters. The van der Waals surface area contributed by atoms with Crippen LogP contribution in [0.25, 0.3) is 0 Å². The molecular weight excluding hydrogens is 204 g/mol. The molecule has 0 nitrogen and oxygen atoms in total. The molecule has 1 aromatic carbocycles. The lowest BCUT2D eigenvalue weighted by molar-refractivity contribution is 0.336. The molecule has 0 aromatic heterocycles. The summed E-state index contributed by atoms with van der Waals surface area (Å²) in [7, 11) is 0. The molecule has 0 fully saturated rings. The molecule has 0 amide bonds. The van der Waals surface area contributed by atoms with Gasteiger partial charge in [-0.2, -0.15) is 0 Å². The van der Waals surface area contributed by atoms with Crippen LogP contribution >= 0.6 is 0 Å². The van der Waals surface area contributed by atoms with E-state index in [-0.39, 0.29) is 0 Å². The van der Waals surface area contributed by atoms with Gasteiger partial charge >= 0.3 is 0 Å². The molecule has 0 radical (unpaired) electrons. The van der Waals surface area contributed by atoms with Crippen LogP contribution < -0.4 is 0 Å². The van der Waals surface area contributed by atoms with E-state index in [9.17, 15) is 0 Å². The Balaban J connectivity index is 2.44. The van der Waals surface area contributed by atoms with Crippen LogP contribution in [0.1, 0.15) is 52.5 Å². The number of hydrogen-bond acceptors (Lipinski definition) is 0. The van der Waals surface area contributed by atoms with Crippen LogP contribution in [0.15, 0.2) is 30.3 Å². The van der Waals surface area contributed by atoms with Crippen molar-refractivity contribution in [3.05, 3.63) is 35.9 Å². The van der Waals surface area contributed by atoms with E-state index >= 15 is 0 Å². The van der Waals surface area contributed by atoms with Gasteiger partial charge in [-0.1, -0.05) is 70.9 Å². The van der Waals surface area contributed by atoms with Crippen molar-refractivity contribution in [2.24, 2.45) is 17.8 Å². The first-order chi connectivity index (χ1) is 8.09. The molecule has 0 aliphatic carbocycles. The van der Waals surface area contributed by atoms with Crippen LogP contribution in [0.2, 0.25) is 0 Å². The summed E-state index contributed by atoms with van der Waals surface area (Å²) in [6.45, 7) is 9.37. The average molecular weight is 232 g/mol. The van der Waals surface area contributed by atoms with Crippen molar-refractivity contribution in [1.29, 1.82) is 0 Å². The molecule has 0 saturated carbocycles. The lowest BCUT2D eigenvalue weighted by Crippen LogP contribution is -2.12. The second-order valence-electron chi connectivity index (χ2n) is 6.02. The van der Waals surface area contributed by atoms with Crippen molar-refractivity contribution in [3.8, 4) is 0 Å². The van der Waals surface area contributed by atoms with Crippen molar-refractivity contribution in [2.75, 3.05) is 0 Å². The minimum atomic E-state index is 0.794. The minimum absolute atomic E-state index is 0.794. The van der Waals surface area contributed by atoms with Gasteiger partial charge < -0.3 is 0 Å². The van der Waals surface area contributed by atoms with Gasteiger partial charge in [-0.3, -0.25) is 0 Å². The highest BCUT2D eigenvalue weighted by Crippen LogP contribution is 2.24. The minimum Gasteiger partial charge on any atom is -0.0628 e. The third-order valence-electron chi connectivity index (χ3n) is 3.64. The summed E-state index contributed by atoms with van der Waals surface area (Å²) >= 11 is 0. The van der Waals surface area contributed by atoms with Crippen LogP contribution in [-0.4, -0.2) is 0 Å². The van der Waals surface area contributed by atoms with E-state index in [2.05, 4.69) is 58.0 Å². The van der Waals surface area contributed by atoms with E-state index in [1.54, 1.807) is 0 Å². The van der Waals surface area contributed by atoms with Crippen molar-refractivity contribution in [1.82, 2.24) is 0 Å². The maximum Gasteiger partial charge on any atom is -0.0248 e. The Morgan fingerprint density at radius 3 is 2.06 bits per heavy atom. The molecule has 0 heterocycles. The molecule has 1 rings (SSSR count). The summed E-state index contributed by atoms with van der Waals surface area (Å²) in [5, 5.41) is 0. The summed E-state index contributed by atoms with van der Waals surface area (Å²) in [5.74, 6) is 2.48. The summed E-state index contributed by atoms with van der Waals surface area (Å²) in [6, 6.07) is 10.9. The molecule has 96 valence electrons. The van der Waals surface area contributed by atoms with E-state index < -0.39 is 0 Å². The summed E-state index contributed by atoms with van der Waals surface area (Å²) in [6.07, 6.45) is 5.38. The zero-order valence-electron chi connectivity index (χ0n) is 11.9. The van der Waals surface area contributed by atoms with Crippen LogP contribution in [0.4, 0.5) is 0 Å². The highest BCUT2D eigenvalue weighted by atomic mass is 14.2. The Morgan fingerprint density at radius 2 is 1.53 bits per heavy atom. The summed E-state index contributed by atoms with van der Waals surface area (Å²) < 4.78 is 0. The molecular formula is C17H28. The van der Waals surface area contributed by atoms with Gasteiger partial charge in [-0.05, 0) is 36.2 Å². The molecule has 0 aliphatic rings. The van der Waals surface area contributed by atoms with Gasteiger partial charge in [0.2, 0.25) is 0 Å². The smallest absolute Gasteiger partial charge is 0.0248 e. The van der Waals surface area contributed by atoms with E-state index in [1.165, 1.54) is 31.2 Å². The Hall–Kier alpha value is -0.780. The van der Waals surface area contributed by atoms with E-state index in [1.807, 2.05) is 0 Å². The maximum atomic E-state index is 2.36. The first-order valence-electron chi connectivity index (χ1n) is 7.13. The topological polar surface area (TPSA) is 0 Å². The van der Waals surface area contributed by atoms with Crippen molar-refractivity contribution in [2.45, 2.75) is 53.4 Å². The predicted octanol–water partition coefficient (Wildman–Crippen LogP) is 5.33. The van der Waals surface area contributed by atoms with Crippen LogP contribution in [0.3, 0.4) is 0 Å². The normalized spacial score (nSPS) is 13.3. The fourth-order valence-corrected chi connectivity index (χ4v) is 2.38. The highest BCUT2D eigenvalue weighted by molar-refractivity contribution is 5.15.